The maximum Gasteiger partial charge on any atom is 0.193 e. The molecule has 6 heteroatoms. The van der Waals surface area contributed by atoms with Gasteiger partial charge in [-0.25, -0.2) is 0 Å². The fourth-order valence-electron chi connectivity index (χ4n) is 2.62. The lowest BCUT2D eigenvalue weighted by Gasteiger charge is -2.14. The van der Waals surface area contributed by atoms with Gasteiger partial charge in [-0.05, 0) is 43.5 Å². The third kappa shape index (κ3) is 4.81. The van der Waals surface area contributed by atoms with Crippen molar-refractivity contribution in [3.8, 4) is 17.2 Å². The molecule has 140 valence electrons. The largest absolute Gasteiger partial charge is 0.496 e. The van der Waals surface area contributed by atoms with Crippen molar-refractivity contribution in [2.24, 2.45) is 10.7 Å². The number of ether oxygens (including phenoxy) is 3. The van der Waals surface area contributed by atoms with Crippen LogP contribution >= 0.6 is 0 Å². The van der Waals surface area contributed by atoms with E-state index < -0.39 is 0 Å². The summed E-state index contributed by atoms with van der Waals surface area (Å²) in [5, 5.41) is 3.12. The van der Waals surface area contributed by atoms with Crippen LogP contribution in [-0.2, 0) is 6.42 Å². The van der Waals surface area contributed by atoms with E-state index in [9.17, 15) is 0 Å². The van der Waals surface area contributed by atoms with Gasteiger partial charge >= 0.3 is 0 Å². The van der Waals surface area contributed by atoms with Crippen molar-refractivity contribution in [2.45, 2.75) is 20.3 Å². The molecule has 0 saturated heterocycles. The fraction of sp³-hybridized carbons (Fsp3) is 0.350. The number of nitrogens with two attached hydrogens (primary N) is 1. The lowest BCUT2D eigenvalue weighted by molar-refractivity contribution is 0.369. The zero-order chi connectivity index (χ0) is 19.1. The van der Waals surface area contributed by atoms with Crippen LogP contribution in [0.1, 0.15) is 16.7 Å². The maximum atomic E-state index is 6.00. The van der Waals surface area contributed by atoms with Crippen LogP contribution in [0.25, 0.3) is 0 Å². The number of guanidine groups is 1. The summed E-state index contributed by atoms with van der Waals surface area (Å²) < 4.78 is 16.2. The summed E-state index contributed by atoms with van der Waals surface area (Å²) in [6.45, 7) is 4.64. The van der Waals surface area contributed by atoms with Gasteiger partial charge in [0.2, 0.25) is 0 Å². The Morgan fingerprint density at radius 3 is 2.15 bits per heavy atom. The van der Waals surface area contributed by atoms with Crippen LogP contribution in [0.3, 0.4) is 0 Å². The Labute approximate surface area is 155 Å². The zero-order valence-corrected chi connectivity index (χ0v) is 16.1. The molecular formula is C20H27N3O3. The standard InChI is InChI=1S/C20H27N3O3/c1-13-6-7-15(10-14(13)2)23-20(21)22-9-8-17-18(25-4)11-16(24-3)12-19(17)26-5/h6-7,10-12H,8-9H2,1-5H3,(H3,21,22,23). The number of hydrogen-bond donors (Lipinski definition) is 2. The quantitative estimate of drug-likeness (QED) is 0.587. The Bertz CT molecular complexity index is 763. The summed E-state index contributed by atoms with van der Waals surface area (Å²) in [4.78, 5) is 4.40. The molecule has 26 heavy (non-hydrogen) atoms. The van der Waals surface area contributed by atoms with Gasteiger partial charge in [0.25, 0.3) is 0 Å². The average molecular weight is 357 g/mol. The lowest BCUT2D eigenvalue weighted by Crippen LogP contribution is -2.23. The second-order valence-corrected chi connectivity index (χ2v) is 5.95. The Kier molecular flexibility index (Phi) is 6.72. The molecule has 0 heterocycles. The van der Waals surface area contributed by atoms with Crippen LogP contribution in [0.15, 0.2) is 35.3 Å². The van der Waals surface area contributed by atoms with Crippen LogP contribution in [0, 0.1) is 13.8 Å². The van der Waals surface area contributed by atoms with Gasteiger partial charge in [0.05, 0.1) is 21.3 Å². The minimum absolute atomic E-state index is 0.375. The second-order valence-electron chi connectivity index (χ2n) is 5.95. The van der Waals surface area contributed by atoms with E-state index in [4.69, 9.17) is 19.9 Å². The Hall–Kier alpha value is -2.89. The molecule has 3 N–H and O–H groups in total. The molecule has 0 radical (unpaired) electrons. The molecule has 0 atom stereocenters. The lowest BCUT2D eigenvalue weighted by atomic mass is 10.1. The predicted octanol–water partition coefficient (Wildman–Crippen LogP) is 3.30. The van der Waals surface area contributed by atoms with E-state index in [0.717, 1.165) is 11.3 Å². The zero-order valence-electron chi connectivity index (χ0n) is 16.1. The number of benzene rings is 2. The highest BCUT2D eigenvalue weighted by Gasteiger charge is 2.12. The first-order valence-electron chi connectivity index (χ1n) is 8.41. The summed E-state index contributed by atoms with van der Waals surface area (Å²) in [5.74, 6) is 2.47. The number of methoxy groups -OCH3 is 3. The second kappa shape index (κ2) is 8.99. The van der Waals surface area contributed by atoms with Gasteiger partial charge in [0.15, 0.2) is 5.96 Å². The normalized spacial score (nSPS) is 11.2. The van der Waals surface area contributed by atoms with E-state index in [0.29, 0.717) is 36.2 Å². The van der Waals surface area contributed by atoms with Crippen molar-refractivity contribution >= 4 is 11.6 Å². The van der Waals surface area contributed by atoms with Gasteiger partial charge < -0.3 is 25.3 Å². The number of aryl methyl sites for hydroxylation is 2. The van der Waals surface area contributed by atoms with Gasteiger partial charge in [0.1, 0.15) is 17.2 Å². The summed E-state index contributed by atoms with van der Waals surface area (Å²) in [7, 11) is 4.85. The van der Waals surface area contributed by atoms with Crippen molar-refractivity contribution in [1.29, 1.82) is 0 Å². The molecule has 0 saturated carbocycles. The Morgan fingerprint density at radius 1 is 0.962 bits per heavy atom. The number of hydrogen-bond acceptors (Lipinski definition) is 4. The van der Waals surface area contributed by atoms with E-state index >= 15 is 0 Å². The molecule has 0 aliphatic carbocycles. The first-order chi connectivity index (χ1) is 12.5. The highest BCUT2D eigenvalue weighted by molar-refractivity contribution is 5.92. The van der Waals surface area contributed by atoms with E-state index in [-0.39, 0.29) is 0 Å². The van der Waals surface area contributed by atoms with Crippen LogP contribution in [0.4, 0.5) is 5.69 Å². The molecule has 0 aliphatic rings. The number of nitrogens with one attached hydrogen (secondary N) is 1. The van der Waals surface area contributed by atoms with Crippen LogP contribution in [0.2, 0.25) is 0 Å². The molecule has 0 aliphatic heterocycles. The van der Waals surface area contributed by atoms with E-state index in [2.05, 4.69) is 30.2 Å². The van der Waals surface area contributed by atoms with Crippen molar-refractivity contribution in [3.05, 3.63) is 47.0 Å². The number of rotatable bonds is 7. The van der Waals surface area contributed by atoms with E-state index in [1.165, 1.54) is 11.1 Å². The maximum absolute atomic E-state index is 6.00. The van der Waals surface area contributed by atoms with E-state index in [1.807, 2.05) is 24.3 Å². The minimum atomic E-state index is 0.375. The van der Waals surface area contributed by atoms with Crippen LogP contribution in [-0.4, -0.2) is 33.8 Å². The van der Waals surface area contributed by atoms with Gasteiger partial charge in [-0.2, -0.15) is 0 Å². The highest BCUT2D eigenvalue weighted by atomic mass is 16.5. The van der Waals surface area contributed by atoms with Gasteiger partial charge in [-0.1, -0.05) is 6.07 Å². The van der Waals surface area contributed by atoms with Gasteiger partial charge in [0, 0.05) is 29.9 Å². The summed E-state index contributed by atoms with van der Waals surface area (Å²) in [6.07, 6.45) is 0.631. The number of aliphatic imine (C=N–C) groups is 1. The molecule has 6 nitrogen and oxygen atoms in total. The number of anilines is 1. The number of nitrogens with zero attached hydrogens (tertiary/aromatic N) is 1. The SMILES string of the molecule is COc1cc(OC)c(CCN=C(N)Nc2ccc(C)c(C)c2)c(OC)c1. The van der Waals surface area contributed by atoms with Crippen molar-refractivity contribution < 1.29 is 14.2 Å². The monoisotopic (exact) mass is 357 g/mol. The molecule has 2 rings (SSSR count). The smallest absolute Gasteiger partial charge is 0.193 e. The molecular weight excluding hydrogens is 330 g/mol. The molecule has 0 spiro atoms. The van der Waals surface area contributed by atoms with Crippen molar-refractivity contribution in [3.63, 3.8) is 0 Å². The summed E-state index contributed by atoms with van der Waals surface area (Å²) in [5.41, 5.74) is 10.3. The van der Waals surface area contributed by atoms with Gasteiger partial charge in [-0.3, -0.25) is 4.99 Å². The molecule has 0 fully saturated rings. The van der Waals surface area contributed by atoms with Crippen molar-refractivity contribution in [1.82, 2.24) is 0 Å². The van der Waals surface area contributed by atoms with Gasteiger partial charge in [-0.15, -0.1) is 0 Å². The minimum Gasteiger partial charge on any atom is -0.496 e. The third-order valence-corrected chi connectivity index (χ3v) is 4.24. The third-order valence-electron chi connectivity index (χ3n) is 4.24. The average Bonchev–Trinajstić information content (AvgIpc) is 2.64. The Morgan fingerprint density at radius 2 is 1.62 bits per heavy atom. The topological polar surface area (TPSA) is 78.1 Å². The summed E-state index contributed by atoms with van der Waals surface area (Å²) >= 11 is 0. The van der Waals surface area contributed by atoms with Crippen molar-refractivity contribution in [2.75, 3.05) is 33.2 Å². The molecule has 0 aromatic heterocycles. The van der Waals surface area contributed by atoms with Crippen LogP contribution < -0.4 is 25.3 Å². The van der Waals surface area contributed by atoms with Crippen LogP contribution in [0.5, 0.6) is 17.2 Å². The highest BCUT2D eigenvalue weighted by Crippen LogP contribution is 2.34. The van der Waals surface area contributed by atoms with E-state index in [1.54, 1.807) is 21.3 Å². The molecule has 0 amide bonds. The fourth-order valence-corrected chi connectivity index (χ4v) is 2.62. The molecule has 0 unspecified atom stereocenters. The predicted molar refractivity (Wildman–Crippen MR) is 106 cm³/mol. The molecule has 2 aromatic carbocycles. The first kappa shape index (κ1) is 19.4. The first-order valence-corrected chi connectivity index (χ1v) is 8.41. The molecule has 0 bridgehead atoms. The Balaban J connectivity index is 2.07. The molecule has 2 aromatic rings. The summed E-state index contributed by atoms with van der Waals surface area (Å²) in [6, 6.07) is 9.75.